The predicted octanol–water partition coefficient (Wildman–Crippen LogP) is 3.29. The van der Waals surface area contributed by atoms with Crippen LogP contribution in [0.2, 0.25) is 0 Å². The topological polar surface area (TPSA) is 71.0 Å². The van der Waals surface area contributed by atoms with Crippen LogP contribution in [0.3, 0.4) is 0 Å². The number of esters is 1. The van der Waals surface area contributed by atoms with Crippen LogP contribution in [-0.4, -0.2) is 18.6 Å². The second kappa shape index (κ2) is 9.48. The molecule has 0 heterocycles. The molecule has 1 rings (SSSR count). The Kier molecular flexibility index (Phi) is 7.95. The number of para-hydroxylation sites is 1. The second-order valence-electron chi connectivity index (χ2n) is 4.75. The van der Waals surface area contributed by atoms with Gasteiger partial charge in [0.05, 0.1) is 6.61 Å². The minimum absolute atomic E-state index is 0.357. The molecule has 1 aromatic carbocycles. The van der Waals surface area contributed by atoms with Crippen molar-refractivity contribution < 1.29 is 18.9 Å². The Bertz CT molecular complexity index is 460. The monoisotopic (exact) mass is 311 g/mol. The van der Waals surface area contributed by atoms with E-state index in [1.807, 2.05) is 6.07 Å². The third kappa shape index (κ3) is 6.69. The molecule has 0 bridgehead atoms. The first-order chi connectivity index (χ1) is 10.1. The molecule has 6 heteroatoms. The van der Waals surface area contributed by atoms with E-state index in [-0.39, 0.29) is 0 Å². The average molecular weight is 311 g/mol. The molecule has 1 aromatic rings. The summed E-state index contributed by atoms with van der Waals surface area (Å²) in [6.07, 6.45) is 1.92. The maximum absolute atomic E-state index is 11.8. The highest BCUT2D eigenvalue weighted by atomic mass is 31.1. The molecular weight excluding hydrogens is 289 g/mol. The standard InChI is InChI=1S/C15H22NO4P/c1-4-13(5-2)11-19-15(17)12(3)16-21(18)20-14-9-7-6-8-10-14/h6-10,12-13H,4-5,11H2,1-3H3/t12-/m0/s1. The summed E-state index contributed by atoms with van der Waals surface area (Å²) in [5.74, 6) is 0.345. The second-order valence-corrected chi connectivity index (χ2v) is 5.64. The minimum atomic E-state index is -2.29. The van der Waals surface area contributed by atoms with Crippen LogP contribution < -0.4 is 9.42 Å². The van der Waals surface area contributed by atoms with Crippen molar-refractivity contribution in [2.75, 3.05) is 6.61 Å². The summed E-state index contributed by atoms with van der Waals surface area (Å²) in [6, 6.07) is 7.93. The van der Waals surface area contributed by atoms with Crippen LogP contribution in [0.4, 0.5) is 0 Å². The van der Waals surface area contributed by atoms with Crippen molar-refractivity contribution >= 4 is 14.1 Å². The average Bonchev–Trinajstić information content (AvgIpc) is 2.48. The number of benzene rings is 1. The summed E-state index contributed by atoms with van der Waals surface area (Å²) in [5.41, 5.74) is 0. The third-order valence-corrected chi connectivity index (χ3v) is 4.05. The van der Waals surface area contributed by atoms with Gasteiger partial charge in [0, 0.05) is 0 Å². The van der Waals surface area contributed by atoms with Crippen LogP contribution in [-0.2, 0) is 9.53 Å². The van der Waals surface area contributed by atoms with Gasteiger partial charge in [-0.2, -0.15) is 0 Å². The van der Waals surface area contributed by atoms with E-state index in [9.17, 15) is 9.69 Å². The SMILES string of the molecule is CCC(CC)COC(=O)[C@H](C)N=[P+]([O-])Oc1ccccc1. The van der Waals surface area contributed by atoms with E-state index in [1.165, 1.54) is 0 Å². The smallest absolute Gasteiger partial charge is 0.395 e. The van der Waals surface area contributed by atoms with Crippen molar-refractivity contribution in [1.82, 2.24) is 0 Å². The van der Waals surface area contributed by atoms with E-state index in [2.05, 4.69) is 18.6 Å². The van der Waals surface area contributed by atoms with Crippen molar-refractivity contribution in [3.8, 4) is 5.75 Å². The molecule has 0 saturated carbocycles. The van der Waals surface area contributed by atoms with E-state index in [0.717, 1.165) is 12.8 Å². The summed E-state index contributed by atoms with van der Waals surface area (Å²) < 4.78 is 14.1. The van der Waals surface area contributed by atoms with Crippen LogP contribution in [0.1, 0.15) is 33.6 Å². The predicted molar refractivity (Wildman–Crippen MR) is 80.9 cm³/mol. The van der Waals surface area contributed by atoms with Crippen LogP contribution >= 0.6 is 8.17 Å². The molecule has 0 aliphatic heterocycles. The Morgan fingerprint density at radius 3 is 2.48 bits per heavy atom. The van der Waals surface area contributed by atoms with Gasteiger partial charge in [0.25, 0.3) is 0 Å². The Balaban J connectivity index is 2.48. The molecule has 0 radical (unpaired) electrons. The number of rotatable bonds is 8. The van der Waals surface area contributed by atoms with Crippen LogP contribution in [0.5, 0.6) is 5.75 Å². The third-order valence-electron chi connectivity index (χ3n) is 3.15. The van der Waals surface area contributed by atoms with Crippen LogP contribution in [0.15, 0.2) is 35.1 Å². The normalized spacial score (nSPS) is 13.1. The largest absolute Gasteiger partial charge is 0.575 e. The summed E-state index contributed by atoms with van der Waals surface area (Å²) in [7, 11) is -2.29. The van der Waals surface area contributed by atoms with Crippen LogP contribution in [0.25, 0.3) is 0 Å². The molecule has 0 aliphatic rings. The lowest BCUT2D eigenvalue weighted by Crippen LogP contribution is -2.21. The van der Waals surface area contributed by atoms with Crippen molar-refractivity contribution in [2.45, 2.75) is 39.7 Å². The molecule has 2 atom stereocenters. The molecule has 1 unspecified atom stereocenters. The van der Waals surface area contributed by atoms with Crippen LogP contribution in [0, 0.1) is 5.92 Å². The van der Waals surface area contributed by atoms with Gasteiger partial charge >= 0.3 is 14.1 Å². The number of carbonyl (C=O) groups is 1. The van der Waals surface area contributed by atoms with Crippen molar-refractivity contribution in [3.05, 3.63) is 30.3 Å². The fourth-order valence-electron chi connectivity index (χ4n) is 1.63. The Labute approximate surface area is 126 Å². The van der Waals surface area contributed by atoms with Gasteiger partial charge in [-0.25, -0.2) is 4.79 Å². The summed E-state index contributed by atoms with van der Waals surface area (Å²) >= 11 is 0. The highest BCUT2D eigenvalue weighted by Gasteiger charge is 2.19. The molecular formula is C15H22NO4P. The van der Waals surface area contributed by atoms with Gasteiger partial charge in [0.1, 0.15) is 0 Å². The van der Waals surface area contributed by atoms with E-state index in [4.69, 9.17) is 9.26 Å². The first-order valence-electron chi connectivity index (χ1n) is 7.14. The van der Waals surface area contributed by atoms with Crippen molar-refractivity contribution in [3.63, 3.8) is 0 Å². The quantitative estimate of drug-likeness (QED) is 0.545. The molecule has 0 amide bonds. The molecule has 0 aromatic heterocycles. The molecule has 116 valence electrons. The Hall–Kier alpha value is -1.45. The van der Waals surface area contributed by atoms with Gasteiger partial charge in [0.15, 0.2) is 11.8 Å². The lowest BCUT2D eigenvalue weighted by Gasteiger charge is -2.13. The maximum Gasteiger partial charge on any atom is 0.395 e. The zero-order chi connectivity index (χ0) is 15.7. The highest BCUT2D eigenvalue weighted by molar-refractivity contribution is 7.34. The highest BCUT2D eigenvalue weighted by Crippen LogP contribution is 2.23. The molecule has 21 heavy (non-hydrogen) atoms. The summed E-state index contributed by atoms with van der Waals surface area (Å²) in [4.78, 5) is 23.5. The molecule has 0 N–H and O–H groups in total. The van der Waals surface area contributed by atoms with Gasteiger partial charge in [0.2, 0.25) is 0 Å². The molecule has 5 nitrogen and oxygen atoms in total. The zero-order valence-electron chi connectivity index (χ0n) is 12.7. The number of carbonyl (C=O) groups excluding carboxylic acids is 1. The van der Waals surface area contributed by atoms with Crippen molar-refractivity contribution in [1.29, 1.82) is 0 Å². The number of hydrogen-bond donors (Lipinski definition) is 0. The van der Waals surface area contributed by atoms with Gasteiger partial charge in [-0.15, -0.1) is 0 Å². The fraction of sp³-hybridized carbons (Fsp3) is 0.533. The Morgan fingerprint density at radius 1 is 1.29 bits per heavy atom. The lowest BCUT2D eigenvalue weighted by molar-refractivity contribution is -0.169. The first-order valence-corrected chi connectivity index (χ1v) is 8.27. The first kappa shape index (κ1) is 17.6. The molecule has 0 saturated heterocycles. The van der Waals surface area contributed by atoms with Gasteiger partial charge in [-0.1, -0.05) is 49.6 Å². The fourth-order valence-corrected chi connectivity index (χ4v) is 2.35. The molecule has 0 fully saturated rings. The van der Waals surface area contributed by atoms with Gasteiger partial charge in [-0.3, -0.25) is 4.52 Å². The number of hydrogen-bond acceptors (Lipinski definition) is 5. The van der Waals surface area contributed by atoms with E-state index in [0.29, 0.717) is 18.3 Å². The molecule has 0 spiro atoms. The van der Waals surface area contributed by atoms with E-state index >= 15 is 0 Å². The number of nitrogens with zero attached hydrogens (tertiary/aromatic N) is 1. The van der Waals surface area contributed by atoms with Gasteiger partial charge < -0.3 is 9.63 Å². The molecule has 0 aliphatic carbocycles. The Morgan fingerprint density at radius 2 is 1.90 bits per heavy atom. The van der Waals surface area contributed by atoms with Crippen molar-refractivity contribution in [2.24, 2.45) is 10.7 Å². The number of ether oxygens (including phenoxy) is 1. The summed E-state index contributed by atoms with van der Waals surface area (Å²) in [5, 5.41) is 0. The van der Waals surface area contributed by atoms with E-state index in [1.54, 1.807) is 31.2 Å². The minimum Gasteiger partial charge on any atom is -0.575 e. The summed E-state index contributed by atoms with van der Waals surface area (Å²) in [6.45, 7) is 6.04. The zero-order valence-corrected chi connectivity index (χ0v) is 13.6. The lowest BCUT2D eigenvalue weighted by atomic mass is 10.1. The maximum atomic E-state index is 11.8. The van der Waals surface area contributed by atoms with Gasteiger partial charge in [-0.05, 0) is 25.0 Å². The van der Waals surface area contributed by atoms with E-state index < -0.39 is 20.2 Å².